The van der Waals surface area contributed by atoms with Crippen LogP contribution >= 0.6 is 0 Å². The molecule has 0 aliphatic carbocycles. The maximum absolute atomic E-state index is 12.5. The molecule has 1 aliphatic heterocycles. The first-order chi connectivity index (χ1) is 14.5. The monoisotopic (exact) mass is 411 g/mol. The minimum Gasteiger partial charge on any atom is -0.336 e. The number of pyridine rings is 1. The molecule has 3 aromatic heterocycles. The highest BCUT2D eigenvalue weighted by Crippen LogP contribution is 2.10. The number of aromatic nitrogens is 5. The van der Waals surface area contributed by atoms with E-state index in [1.165, 1.54) is 11.6 Å². The summed E-state index contributed by atoms with van der Waals surface area (Å²) in [4.78, 5) is 49.5. The van der Waals surface area contributed by atoms with Crippen LogP contribution in [0.15, 0.2) is 40.4 Å². The summed E-state index contributed by atoms with van der Waals surface area (Å²) in [6, 6.07) is 3.56. The molecular weight excluding hydrogens is 386 g/mol. The molecule has 0 saturated carbocycles. The molecule has 4 rings (SSSR count). The molecule has 0 N–H and O–H groups in total. The number of nitrogens with zero attached hydrogens (tertiary/aromatic N) is 7. The second kappa shape index (κ2) is 8.23. The lowest BCUT2D eigenvalue weighted by molar-refractivity contribution is 0.0634. The van der Waals surface area contributed by atoms with Gasteiger partial charge in [0.2, 0.25) is 0 Å². The molecule has 0 aromatic carbocycles. The van der Waals surface area contributed by atoms with E-state index in [0.717, 1.165) is 30.6 Å². The number of piperazine rings is 1. The maximum atomic E-state index is 12.5. The highest BCUT2D eigenvalue weighted by molar-refractivity contribution is 5.93. The molecule has 10 heteroatoms. The molecule has 4 heterocycles. The molecule has 30 heavy (non-hydrogen) atoms. The van der Waals surface area contributed by atoms with Crippen LogP contribution in [0.3, 0.4) is 0 Å². The SMILES string of the molecule is Cn1c(=O)c2c(ncn2CCCN2CCN(C(=O)c3cccnc3)CC2)n(C)c1=O. The van der Waals surface area contributed by atoms with Gasteiger partial charge in [-0.1, -0.05) is 0 Å². The Hall–Kier alpha value is -3.27. The lowest BCUT2D eigenvalue weighted by atomic mass is 10.2. The van der Waals surface area contributed by atoms with Crippen molar-refractivity contribution >= 4 is 17.1 Å². The van der Waals surface area contributed by atoms with Gasteiger partial charge in [-0.15, -0.1) is 0 Å². The first kappa shape index (κ1) is 20.0. The zero-order valence-corrected chi connectivity index (χ0v) is 17.2. The number of imidazole rings is 1. The largest absolute Gasteiger partial charge is 0.336 e. The Balaban J connectivity index is 1.34. The van der Waals surface area contributed by atoms with Gasteiger partial charge in [0.05, 0.1) is 11.9 Å². The summed E-state index contributed by atoms with van der Waals surface area (Å²) in [5, 5.41) is 0. The van der Waals surface area contributed by atoms with E-state index in [9.17, 15) is 14.4 Å². The number of hydrogen-bond donors (Lipinski definition) is 0. The molecule has 1 saturated heterocycles. The van der Waals surface area contributed by atoms with Crippen LogP contribution in [-0.2, 0) is 20.6 Å². The van der Waals surface area contributed by atoms with Crippen LogP contribution in [0.25, 0.3) is 11.2 Å². The van der Waals surface area contributed by atoms with Crippen LogP contribution in [0.1, 0.15) is 16.8 Å². The number of hydrogen-bond acceptors (Lipinski definition) is 6. The van der Waals surface area contributed by atoms with Gasteiger partial charge in [-0.25, -0.2) is 9.78 Å². The average molecular weight is 411 g/mol. The molecule has 0 atom stereocenters. The third kappa shape index (κ3) is 3.65. The number of rotatable bonds is 5. The van der Waals surface area contributed by atoms with Gasteiger partial charge in [0.1, 0.15) is 0 Å². The molecule has 1 amide bonds. The van der Waals surface area contributed by atoms with Gasteiger partial charge in [-0.05, 0) is 25.1 Å². The summed E-state index contributed by atoms with van der Waals surface area (Å²) < 4.78 is 4.32. The van der Waals surface area contributed by atoms with Crippen molar-refractivity contribution in [2.24, 2.45) is 14.1 Å². The smallest absolute Gasteiger partial charge is 0.332 e. The van der Waals surface area contributed by atoms with Crippen molar-refractivity contribution in [1.29, 1.82) is 0 Å². The van der Waals surface area contributed by atoms with Gasteiger partial charge in [0.15, 0.2) is 11.2 Å². The van der Waals surface area contributed by atoms with E-state index in [0.29, 0.717) is 36.4 Å². The fourth-order valence-corrected chi connectivity index (χ4v) is 3.88. The van der Waals surface area contributed by atoms with E-state index in [4.69, 9.17) is 0 Å². The fourth-order valence-electron chi connectivity index (χ4n) is 3.88. The Morgan fingerprint density at radius 3 is 2.53 bits per heavy atom. The highest BCUT2D eigenvalue weighted by atomic mass is 16.2. The first-order valence-electron chi connectivity index (χ1n) is 10.00. The highest BCUT2D eigenvalue weighted by Gasteiger charge is 2.22. The van der Waals surface area contributed by atoms with Gasteiger partial charge in [-0.2, -0.15) is 0 Å². The molecule has 10 nitrogen and oxygen atoms in total. The van der Waals surface area contributed by atoms with E-state index in [-0.39, 0.29) is 17.2 Å². The van der Waals surface area contributed by atoms with Crippen molar-refractivity contribution in [3.63, 3.8) is 0 Å². The van der Waals surface area contributed by atoms with Crippen molar-refractivity contribution in [3.05, 3.63) is 57.3 Å². The van der Waals surface area contributed by atoms with Gasteiger partial charge in [0.25, 0.3) is 11.5 Å². The van der Waals surface area contributed by atoms with E-state index < -0.39 is 0 Å². The predicted octanol–water partition coefficient (Wildman–Crippen LogP) is -0.323. The standard InChI is InChI=1S/C20H25N7O3/c1-23-17-16(19(29)24(2)20(23)30)27(14-22-17)8-4-7-25-9-11-26(12-10-25)18(28)15-5-3-6-21-13-15/h3,5-6,13-14H,4,7-12H2,1-2H3. The fraction of sp³-hybridized carbons (Fsp3) is 0.450. The number of fused-ring (bicyclic) bond motifs is 1. The summed E-state index contributed by atoms with van der Waals surface area (Å²) in [5.74, 6) is 0.0223. The normalized spacial score (nSPS) is 15.1. The van der Waals surface area contributed by atoms with Crippen LogP contribution in [-0.4, -0.2) is 72.1 Å². The van der Waals surface area contributed by atoms with E-state index >= 15 is 0 Å². The minimum atomic E-state index is -0.378. The maximum Gasteiger partial charge on any atom is 0.332 e. The molecule has 1 fully saturated rings. The molecule has 0 radical (unpaired) electrons. The van der Waals surface area contributed by atoms with E-state index in [1.54, 1.807) is 37.9 Å². The van der Waals surface area contributed by atoms with Crippen molar-refractivity contribution < 1.29 is 4.79 Å². The molecule has 0 spiro atoms. The molecule has 158 valence electrons. The predicted molar refractivity (Wildman–Crippen MR) is 111 cm³/mol. The first-order valence-corrected chi connectivity index (χ1v) is 10.00. The average Bonchev–Trinajstić information content (AvgIpc) is 3.21. The summed E-state index contributed by atoms with van der Waals surface area (Å²) in [6.45, 7) is 4.49. The summed E-state index contributed by atoms with van der Waals surface area (Å²) >= 11 is 0. The number of carbonyl (C=O) groups is 1. The van der Waals surface area contributed by atoms with Crippen molar-refractivity contribution in [2.45, 2.75) is 13.0 Å². The third-order valence-electron chi connectivity index (χ3n) is 5.66. The number of amides is 1. The van der Waals surface area contributed by atoms with Crippen LogP contribution in [0.4, 0.5) is 0 Å². The van der Waals surface area contributed by atoms with Crippen LogP contribution < -0.4 is 11.2 Å². The van der Waals surface area contributed by atoms with Crippen molar-refractivity contribution in [1.82, 2.24) is 33.5 Å². The van der Waals surface area contributed by atoms with Crippen LogP contribution in [0.2, 0.25) is 0 Å². The van der Waals surface area contributed by atoms with E-state index in [1.807, 2.05) is 9.47 Å². The molecule has 0 unspecified atom stereocenters. The zero-order chi connectivity index (χ0) is 21.3. The third-order valence-corrected chi connectivity index (χ3v) is 5.66. The summed E-state index contributed by atoms with van der Waals surface area (Å²) in [6.07, 6.45) is 5.72. The molecule has 0 bridgehead atoms. The Morgan fingerprint density at radius 2 is 1.83 bits per heavy atom. The lowest BCUT2D eigenvalue weighted by Crippen LogP contribution is -2.49. The van der Waals surface area contributed by atoms with Crippen LogP contribution in [0.5, 0.6) is 0 Å². The van der Waals surface area contributed by atoms with Gasteiger partial charge in [-0.3, -0.25) is 28.6 Å². The molecule has 3 aromatic rings. The van der Waals surface area contributed by atoms with Crippen molar-refractivity contribution in [3.8, 4) is 0 Å². The molecule has 1 aliphatic rings. The Bertz CT molecular complexity index is 1170. The number of carbonyl (C=O) groups excluding carboxylic acids is 1. The molecular formula is C20H25N7O3. The lowest BCUT2D eigenvalue weighted by Gasteiger charge is -2.34. The second-order valence-electron chi connectivity index (χ2n) is 7.55. The minimum absolute atomic E-state index is 0.0223. The number of aryl methyl sites for hydroxylation is 2. The summed E-state index contributed by atoms with van der Waals surface area (Å²) in [7, 11) is 3.10. The Kier molecular flexibility index (Phi) is 5.49. The second-order valence-corrected chi connectivity index (χ2v) is 7.55. The van der Waals surface area contributed by atoms with Crippen LogP contribution in [0, 0.1) is 0 Å². The van der Waals surface area contributed by atoms with E-state index in [2.05, 4.69) is 14.9 Å². The van der Waals surface area contributed by atoms with Gasteiger partial charge in [0, 0.05) is 59.2 Å². The van der Waals surface area contributed by atoms with Gasteiger partial charge < -0.3 is 9.47 Å². The summed E-state index contributed by atoms with van der Waals surface area (Å²) in [5.41, 5.74) is 0.774. The van der Waals surface area contributed by atoms with Gasteiger partial charge >= 0.3 is 5.69 Å². The Morgan fingerprint density at radius 1 is 1.07 bits per heavy atom. The Labute approximate surface area is 173 Å². The quantitative estimate of drug-likeness (QED) is 0.571. The zero-order valence-electron chi connectivity index (χ0n) is 17.2. The van der Waals surface area contributed by atoms with Crippen molar-refractivity contribution in [2.75, 3.05) is 32.7 Å². The topological polar surface area (TPSA) is 98.3 Å².